The Bertz CT molecular complexity index is 382. The summed E-state index contributed by atoms with van der Waals surface area (Å²) in [6.07, 6.45) is 1.22. The molecular weight excluding hydrogens is 248 g/mol. The van der Waals surface area contributed by atoms with Gasteiger partial charge in [0.15, 0.2) is 0 Å². The highest BCUT2D eigenvalue weighted by Gasteiger charge is 2.22. The van der Waals surface area contributed by atoms with Crippen molar-refractivity contribution in [1.82, 2.24) is 10.2 Å². The molecule has 1 aliphatic rings. The van der Waals surface area contributed by atoms with Crippen LogP contribution in [0.5, 0.6) is 5.75 Å². The van der Waals surface area contributed by atoms with Gasteiger partial charge < -0.3 is 10.1 Å². The minimum Gasteiger partial charge on any atom is -0.494 e. The topological polar surface area (TPSA) is 24.5 Å². The van der Waals surface area contributed by atoms with Crippen LogP contribution in [0, 0.1) is 5.92 Å². The lowest BCUT2D eigenvalue weighted by Crippen LogP contribution is -2.45. The fourth-order valence-electron chi connectivity index (χ4n) is 2.89. The fourth-order valence-corrected chi connectivity index (χ4v) is 2.89. The van der Waals surface area contributed by atoms with E-state index in [1.165, 1.54) is 12.0 Å². The standard InChI is InChI=1S/C17H28N2O/c1-4-20-16-7-5-15(6-8-16)17(13-14(2)3)19-11-9-18-10-12-19/h5-8,14,17-18H,4,9-13H2,1-3H3/t17-/m0/s1. The summed E-state index contributed by atoms with van der Waals surface area (Å²) in [4.78, 5) is 2.62. The van der Waals surface area contributed by atoms with Crippen LogP contribution in [0.4, 0.5) is 0 Å². The van der Waals surface area contributed by atoms with Crippen LogP contribution in [0.3, 0.4) is 0 Å². The minimum atomic E-state index is 0.535. The van der Waals surface area contributed by atoms with Gasteiger partial charge in [0.1, 0.15) is 5.75 Å². The molecule has 1 N–H and O–H groups in total. The Balaban J connectivity index is 2.12. The van der Waals surface area contributed by atoms with Gasteiger partial charge >= 0.3 is 0 Å². The second-order valence-electron chi connectivity index (χ2n) is 5.93. The van der Waals surface area contributed by atoms with Crippen LogP contribution in [0.15, 0.2) is 24.3 Å². The summed E-state index contributed by atoms with van der Waals surface area (Å²) >= 11 is 0. The summed E-state index contributed by atoms with van der Waals surface area (Å²) in [5, 5.41) is 3.44. The van der Waals surface area contributed by atoms with E-state index in [2.05, 4.69) is 48.3 Å². The Kier molecular flexibility index (Phi) is 5.86. The third kappa shape index (κ3) is 4.22. The zero-order valence-electron chi connectivity index (χ0n) is 13.1. The quantitative estimate of drug-likeness (QED) is 0.864. The number of nitrogens with zero attached hydrogens (tertiary/aromatic N) is 1. The van der Waals surface area contributed by atoms with Crippen LogP contribution in [0.1, 0.15) is 38.8 Å². The highest BCUT2D eigenvalue weighted by atomic mass is 16.5. The van der Waals surface area contributed by atoms with Crippen molar-refractivity contribution < 1.29 is 4.74 Å². The molecule has 0 aromatic heterocycles. The first-order valence-corrected chi connectivity index (χ1v) is 7.88. The van der Waals surface area contributed by atoms with Crippen LogP contribution < -0.4 is 10.1 Å². The number of piperazine rings is 1. The zero-order valence-corrected chi connectivity index (χ0v) is 13.1. The average molecular weight is 276 g/mol. The van der Waals surface area contributed by atoms with Gasteiger partial charge in [0.2, 0.25) is 0 Å². The van der Waals surface area contributed by atoms with E-state index in [1.54, 1.807) is 0 Å². The van der Waals surface area contributed by atoms with Crippen LogP contribution in [-0.2, 0) is 0 Å². The maximum Gasteiger partial charge on any atom is 0.119 e. The third-order valence-electron chi connectivity index (χ3n) is 3.86. The van der Waals surface area contributed by atoms with E-state index < -0.39 is 0 Å². The molecule has 0 unspecified atom stereocenters. The average Bonchev–Trinajstić information content (AvgIpc) is 2.47. The lowest BCUT2D eigenvalue weighted by molar-refractivity contribution is 0.154. The molecule has 1 fully saturated rings. The number of benzene rings is 1. The fraction of sp³-hybridized carbons (Fsp3) is 0.647. The van der Waals surface area contributed by atoms with Crippen LogP contribution in [-0.4, -0.2) is 37.7 Å². The molecule has 0 radical (unpaired) electrons. The molecule has 1 aromatic carbocycles. The molecule has 0 saturated carbocycles. The van der Waals surface area contributed by atoms with Gasteiger partial charge in [0.25, 0.3) is 0 Å². The van der Waals surface area contributed by atoms with Gasteiger partial charge in [0.05, 0.1) is 6.61 Å². The van der Waals surface area contributed by atoms with Crippen molar-refractivity contribution >= 4 is 0 Å². The number of hydrogen-bond acceptors (Lipinski definition) is 3. The Morgan fingerprint density at radius 2 is 1.80 bits per heavy atom. The number of nitrogens with one attached hydrogen (secondary N) is 1. The van der Waals surface area contributed by atoms with Crippen molar-refractivity contribution in [2.75, 3.05) is 32.8 Å². The molecule has 1 aromatic rings. The monoisotopic (exact) mass is 276 g/mol. The molecule has 1 heterocycles. The Hall–Kier alpha value is -1.06. The summed E-state index contributed by atoms with van der Waals surface area (Å²) in [6.45, 7) is 11.9. The number of rotatable bonds is 6. The van der Waals surface area contributed by atoms with Gasteiger partial charge in [-0.2, -0.15) is 0 Å². The normalized spacial score (nSPS) is 18.2. The second kappa shape index (κ2) is 7.65. The molecule has 3 nitrogen and oxygen atoms in total. The van der Waals surface area contributed by atoms with Crippen LogP contribution >= 0.6 is 0 Å². The first-order chi connectivity index (χ1) is 9.70. The largest absolute Gasteiger partial charge is 0.494 e. The molecule has 3 heteroatoms. The summed E-state index contributed by atoms with van der Waals surface area (Å²) < 4.78 is 5.54. The zero-order chi connectivity index (χ0) is 14.4. The highest BCUT2D eigenvalue weighted by Crippen LogP contribution is 2.29. The van der Waals surface area contributed by atoms with Crippen molar-refractivity contribution in [3.05, 3.63) is 29.8 Å². The highest BCUT2D eigenvalue weighted by molar-refractivity contribution is 5.29. The van der Waals surface area contributed by atoms with Crippen molar-refractivity contribution in [1.29, 1.82) is 0 Å². The lowest BCUT2D eigenvalue weighted by Gasteiger charge is -2.36. The predicted molar refractivity (Wildman–Crippen MR) is 84.2 cm³/mol. The van der Waals surface area contributed by atoms with Crippen molar-refractivity contribution in [2.45, 2.75) is 33.2 Å². The number of ether oxygens (including phenoxy) is 1. The van der Waals surface area contributed by atoms with E-state index in [-0.39, 0.29) is 0 Å². The molecule has 112 valence electrons. The van der Waals surface area contributed by atoms with E-state index in [1.807, 2.05) is 6.92 Å². The maximum absolute atomic E-state index is 5.54. The van der Waals surface area contributed by atoms with Gasteiger partial charge in [-0.15, -0.1) is 0 Å². The Morgan fingerprint density at radius 3 is 2.35 bits per heavy atom. The van der Waals surface area contributed by atoms with E-state index >= 15 is 0 Å². The molecule has 0 aliphatic carbocycles. The van der Waals surface area contributed by atoms with Gasteiger partial charge in [-0.25, -0.2) is 0 Å². The smallest absolute Gasteiger partial charge is 0.119 e. The maximum atomic E-state index is 5.54. The molecule has 1 aliphatic heterocycles. The predicted octanol–water partition coefficient (Wildman–Crippen LogP) is 3.08. The summed E-state index contributed by atoms with van der Waals surface area (Å²) in [7, 11) is 0. The Labute approximate surface area is 123 Å². The molecular formula is C17H28N2O. The summed E-state index contributed by atoms with van der Waals surface area (Å²) in [6, 6.07) is 9.22. The van der Waals surface area contributed by atoms with Crippen molar-refractivity contribution in [3.63, 3.8) is 0 Å². The van der Waals surface area contributed by atoms with Gasteiger partial charge in [0, 0.05) is 32.2 Å². The van der Waals surface area contributed by atoms with Crippen LogP contribution in [0.2, 0.25) is 0 Å². The van der Waals surface area contributed by atoms with E-state index in [4.69, 9.17) is 4.74 Å². The SMILES string of the molecule is CCOc1ccc([C@H](CC(C)C)N2CCNCC2)cc1. The van der Waals surface area contributed by atoms with Crippen molar-refractivity contribution in [2.24, 2.45) is 5.92 Å². The number of hydrogen-bond donors (Lipinski definition) is 1. The molecule has 0 bridgehead atoms. The summed E-state index contributed by atoms with van der Waals surface area (Å²) in [5.41, 5.74) is 1.42. The van der Waals surface area contributed by atoms with Crippen molar-refractivity contribution in [3.8, 4) is 5.75 Å². The molecule has 1 atom stereocenters. The first kappa shape index (κ1) is 15.3. The second-order valence-corrected chi connectivity index (χ2v) is 5.93. The molecule has 0 amide bonds. The minimum absolute atomic E-state index is 0.535. The Morgan fingerprint density at radius 1 is 1.15 bits per heavy atom. The van der Waals surface area contributed by atoms with E-state index in [0.29, 0.717) is 12.0 Å². The van der Waals surface area contributed by atoms with Crippen LogP contribution in [0.25, 0.3) is 0 Å². The van der Waals surface area contributed by atoms with Gasteiger partial charge in [-0.05, 0) is 37.0 Å². The third-order valence-corrected chi connectivity index (χ3v) is 3.86. The first-order valence-electron chi connectivity index (χ1n) is 7.88. The van der Waals surface area contributed by atoms with E-state index in [9.17, 15) is 0 Å². The molecule has 20 heavy (non-hydrogen) atoms. The van der Waals surface area contributed by atoms with E-state index in [0.717, 1.165) is 38.5 Å². The molecule has 2 rings (SSSR count). The molecule has 0 spiro atoms. The van der Waals surface area contributed by atoms with Gasteiger partial charge in [-0.3, -0.25) is 4.90 Å². The molecule has 1 saturated heterocycles. The summed E-state index contributed by atoms with van der Waals surface area (Å²) in [5.74, 6) is 1.68. The lowest BCUT2D eigenvalue weighted by atomic mass is 9.95. The van der Waals surface area contributed by atoms with Gasteiger partial charge in [-0.1, -0.05) is 26.0 Å².